The average Bonchev–Trinajstić information content (AvgIpc) is 3.07. The van der Waals surface area contributed by atoms with Crippen LogP contribution in [-0.2, 0) is 21.9 Å². The normalized spacial score (nSPS) is 9.00. The van der Waals surface area contributed by atoms with E-state index >= 15 is 0 Å². The fourth-order valence-corrected chi connectivity index (χ4v) is 1.59. The van der Waals surface area contributed by atoms with E-state index in [1.807, 2.05) is 42.5 Å². The Morgan fingerprint density at radius 3 is 1.95 bits per heavy atom. The van der Waals surface area contributed by atoms with Gasteiger partial charge in [-0.1, -0.05) is 5.56 Å². The number of carboxylic acids is 1. The second kappa shape index (κ2) is 11.2. The van der Waals surface area contributed by atoms with Gasteiger partial charge in [0.05, 0.1) is 0 Å². The minimum absolute atomic E-state index is 0. The number of hydrogen-bond donors (Lipinski definition) is 1. The molecule has 0 aliphatic rings. The van der Waals surface area contributed by atoms with Gasteiger partial charge in [-0.3, -0.25) is 4.79 Å². The Kier molecular flexibility index (Phi) is 10.3. The first kappa shape index (κ1) is 18.4. The summed E-state index contributed by atoms with van der Waals surface area (Å²) in [5.74, 6) is -0.703. The molecule has 0 saturated carbocycles. The van der Waals surface area contributed by atoms with E-state index in [1.165, 1.54) is 0 Å². The van der Waals surface area contributed by atoms with Crippen molar-refractivity contribution < 1.29 is 31.8 Å². The first-order valence-corrected chi connectivity index (χ1v) is 6.33. The Balaban J connectivity index is 0.000000507. The second-order valence-corrected chi connectivity index (χ2v) is 4.16. The molecule has 0 atom stereocenters. The topological polar surface area (TPSA) is 54.4 Å². The zero-order valence-corrected chi connectivity index (χ0v) is 12.2. The number of carboxylic acid groups (broad SMARTS) is 1. The van der Waals surface area contributed by atoms with Crippen LogP contribution in [0.1, 0.15) is 36.0 Å². The quantitative estimate of drug-likeness (QED) is 0.383. The molecule has 20 heavy (non-hydrogen) atoms. The fraction of sp³-hybridized carbons (Fsp3) is 0.250. The first-order valence-electron chi connectivity index (χ1n) is 6.33. The van der Waals surface area contributed by atoms with Gasteiger partial charge in [0, 0.05) is 23.5 Å². The molecular weight excluding hydrogens is 296 g/mol. The monoisotopic (exact) mass is 314 g/mol. The van der Waals surface area contributed by atoms with Gasteiger partial charge in [0.25, 0.3) is 0 Å². The molecule has 0 bridgehead atoms. The van der Waals surface area contributed by atoms with E-state index < -0.39 is 5.97 Å². The number of hydrogen-bond acceptors (Lipinski definition) is 2. The Labute approximate surface area is 129 Å². The molecule has 3 nitrogen and oxygen atoms in total. The zero-order valence-electron chi connectivity index (χ0n) is 11.1. The van der Waals surface area contributed by atoms with Gasteiger partial charge in [0.2, 0.25) is 0 Å². The van der Waals surface area contributed by atoms with Crippen LogP contribution >= 0.6 is 0 Å². The van der Waals surface area contributed by atoms with Crippen molar-refractivity contribution in [3.05, 3.63) is 60.2 Å². The maximum atomic E-state index is 11.4. The van der Waals surface area contributed by atoms with E-state index in [2.05, 4.69) is 0 Å². The number of unbranched alkanes of at least 4 members (excludes halogenated alkanes) is 1. The van der Waals surface area contributed by atoms with E-state index in [0.717, 1.165) is 5.56 Å². The molecule has 0 spiro atoms. The first-order chi connectivity index (χ1) is 9.20. The van der Waals surface area contributed by atoms with Crippen LogP contribution in [0.25, 0.3) is 0 Å². The molecule has 1 N–H and O–H groups in total. The van der Waals surface area contributed by atoms with E-state index in [-0.39, 0.29) is 29.3 Å². The molecule has 2 aromatic rings. The Bertz CT molecular complexity index is 441. The van der Waals surface area contributed by atoms with Crippen LogP contribution in [0, 0.1) is 0 Å². The van der Waals surface area contributed by atoms with Gasteiger partial charge in [0.15, 0.2) is 0 Å². The third-order valence-corrected chi connectivity index (χ3v) is 2.58. The summed E-state index contributed by atoms with van der Waals surface area (Å²) in [6, 6.07) is 17.2. The number of aliphatic carboxylic acids is 1. The van der Waals surface area contributed by atoms with Crippen LogP contribution in [0.2, 0.25) is 0 Å². The van der Waals surface area contributed by atoms with Crippen molar-refractivity contribution in [2.45, 2.75) is 25.7 Å². The van der Waals surface area contributed by atoms with E-state index in [0.29, 0.717) is 19.3 Å². The number of Topliss-reactive ketones (excluding diaryl/α,β-unsaturated/α-hetero) is 1. The van der Waals surface area contributed by atoms with E-state index in [4.69, 9.17) is 5.11 Å². The largest absolute Gasteiger partial charge is 0.481 e. The standard InChI is InChI=1S/C11H13O3.C5H5.Fe/c12-10(9-5-1-2-6-9)7-3-4-8-11(13)14;1-2-4-5-3-1;/h1-2,5-6H,3-4,7-8H2,(H,13,14);1-5H;/q2*-1;. The summed E-state index contributed by atoms with van der Waals surface area (Å²) in [5, 5.41) is 8.38. The van der Waals surface area contributed by atoms with Gasteiger partial charge in [-0.25, -0.2) is 24.3 Å². The summed E-state index contributed by atoms with van der Waals surface area (Å²) in [5.41, 5.74) is 0.723. The van der Waals surface area contributed by atoms with Crippen LogP contribution in [0.4, 0.5) is 0 Å². The van der Waals surface area contributed by atoms with Gasteiger partial charge in [-0.15, -0.1) is 0 Å². The molecule has 4 heteroatoms. The molecular formula is C16H18FeO3-2. The molecule has 0 aliphatic heterocycles. The molecule has 0 unspecified atom stereocenters. The number of rotatable bonds is 6. The third-order valence-electron chi connectivity index (χ3n) is 2.58. The molecule has 110 valence electrons. The van der Waals surface area contributed by atoms with Gasteiger partial charge in [-0.05, 0) is 19.3 Å². The SMILES string of the molecule is O=C(O)CCCCC(=O)[c-]1cccc1.[Fe].c1cc[cH-]c1. The fourth-order valence-electron chi connectivity index (χ4n) is 1.59. The predicted molar refractivity (Wildman–Crippen MR) is 74.5 cm³/mol. The predicted octanol–water partition coefficient (Wildman–Crippen LogP) is 3.64. The third kappa shape index (κ3) is 8.46. The molecule has 0 fully saturated rings. The van der Waals surface area contributed by atoms with Gasteiger partial charge in [0.1, 0.15) is 5.78 Å². The molecule has 0 heterocycles. The second-order valence-electron chi connectivity index (χ2n) is 4.16. The van der Waals surface area contributed by atoms with Gasteiger partial charge >= 0.3 is 5.97 Å². The molecule has 0 saturated heterocycles. The minimum atomic E-state index is -0.800. The molecule has 2 rings (SSSR count). The number of carbonyl (C=O) groups is 2. The average molecular weight is 314 g/mol. The van der Waals surface area contributed by atoms with Crippen molar-refractivity contribution in [1.82, 2.24) is 0 Å². The van der Waals surface area contributed by atoms with Crippen molar-refractivity contribution >= 4 is 11.8 Å². The summed E-state index contributed by atoms with van der Waals surface area (Å²) in [6.45, 7) is 0. The van der Waals surface area contributed by atoms with E-state index in [1.54, 1.807) is 12.1 Å². The van der Waals surface area contributed by atoms with Crippen molar-refractivity contribution in [1.29, 1.82) is 0 Å². The van der Waals surface area contributed by atoms with Gasteiger partial charge in [-0.2, -0.15) is 30.3 Å². The number of ketones is 1. The molecule has 0 radical (unpaired) electrons. The summed E-state index contributed by atoms with van der Waals surface area (Å²) in [7, 11) is 0. The summed E-state index contributed by atoms with van der Waals surface area (Å²) < 4.78 is 0. The number of carbonyl (C=O) groups excluding carboxylic acids is 1. The smallest absolute Gasteiger partial charge is 0.303 e. The summed E-state index contributed by atoms with van der Waals surface area (Å²) in [4.78, 5) is 21.6. The maximum Gasteiger partial charge on any atom is 0.303 e. The van der Waals surface area contributed by atoms with Crippen LogP contribution in [0.3, 0.4) is 0 Å². The minimum Gasteiger partial charge on any atom is -0.481 e. The van der Waals surface area contributed by atoms with Crippen LogP contribution in [0.5, 0.6) is 0 Å². The van der Waals surface area contributed by atoms with Crippen molar-refractivity contribution in [2.75, 3.05) is 0 Å². The van der Waals surface area contributed by atoms with Crippen LogP contribution in [0.15, 0.2) is 54.6 Å². The van der Waals surface area contributed by atoms with E-state index in [9.17, 15) is 9.59 Å². The maximum absolute atomic E-state index is 11.4. The molecule has 2 aromatic carbocycles. The van der Waals surface area contributed by atoms with Crippen molar-refractivity contribution in [3.63, 3.8) is 0 Å². The van der Waals surface area contributed by atoms with Gasteiger partial charge < -0.3 is 9.90 Å². The van der Waals surface area contributed by atoms with Crippen LogP contribution in [-0.4, -0.2) is 16.9 Å². The Morgan fingerprint density at radius 2 is 1.50 bits per heavy atom. The molecule has 0 amide bonds. The summed E-state index contributed by atoms with van der Waals surface area (Å²) >= 11 is 0. The van der Waals surface area contributed by atoms with Crippen molar-refractivity contribution in [2.24, 2.45) is 0 Å². The summed E-state index contributed by atoms with van der Waals surface area (Å²) in [6.07, 6.45) is 1.81. The zero-order chi connectivity index (χ0) is 13.9. The van der Waals surface area contributed by atoms with Crippen molar-refractivity contribution in [3.8, 4) is 0 Å². The molecule has 0 aliphatic carbocycles. The van der Waals surface area contributed by atoms with Crippen LogP contribution < -0.4 is 0 Å². The molecule has 0 aromatic heterocycles. The Morgan fingerprint density at radius 1 is 0.950 bits per heavy atom. The Hall–Kier alpha value is -1.64.